The summed E-state index contributed by atoms with van der Waals surface area (Å²) in [7, 11) is 1.62. The summed E-state index contributed by atoms with van der Waals surface area (Å²) in [5, 5.41) is 5.13. The molecule has 2 aliphatic rings. The Hall–Kier alpha value is -1.79. The van der Waals surface area contributed by atoms with Gasteiger partial charge in [-0.2, -0.15) is 11.3 Å². The highest BCUT2D eigenvalue weighted by Crippen LogP contribution is 2.39. The van der Waals surface area contributed by atoms with Crippen LogP contribution in [0.15, 0.2) is 35.2 Å². The number of nitrogens with zero attached hydrogens (tertiary/aromatic N) is 1. The van der Waals surface area contributed by atoms with E-state index >= 15 is 0 Å². The number of ether oxygens (including phenoxy) is 2. The number of halogens is 1. The second-order valence-corrected chi connectivity index (χ2v) is 8.40. The Labute approximate surface area is 171 Å². The van der Waals surface area contributed by atoms with E-state index in [1.165, 1.54) is 11.1 Å². The number of thiophene rings is 1. The monoisotopic (exact) mass is 447 g/mol. The van der Waals surface area contributed by atoms with E-state index in [0.717, 1.165) is 47.9 Å². The summed E-state index contributed by atoms with van der Waals surface area (Å²) in [5.41, 5.74) is 4.26. The minimum Gasteiger partial charge on any atom is -0.493 e. The highest BCUT2D eigenvalue weighted by atomic mass is 79.9. The molecule has 0 radical (unpaired) electrons. The fourth-order valence-electron chi connectivity index (χ4n) is 3.76. The lowest BCUT2D eigenvalue weighted by Crippen LogP contribution is -2.31. The molecule has 1 atom stereocenters. The van der Waals surface area contributed by atoms with Crippen molar-refractivity contribution in [1.82, 2.24) is 4.90 Å². The zero-order chi connectivity index (χ0) is 18.8. The van der Waals surface area contributed by atoms with Gasteiger partial charge < -0.3 is 14.4 Å². The number of fused-ring (bicyclic) bond motifs is 2. The fourth-order valence-corrected chi connectivity index (χ4v) is 4.67. The van der Waals surface area contributed by atoms with Crippen molar-refractivity contribution in [2.45, 2.75) is 31.7 Å². The van der Waals surface area contributed by atoms with Crippen LogP contribution in [0.1, 0.15) is 40.7 Å². The molecule has 3 heterocycles. The molecule has 0 spiro atoms. The largest absolute Gasteiger partial charge is 0.493 e. The van der Waals surface area contributed by atoms with Crippen LogP contribution >= 0.6 is 27.3 Å². The summed E-state index contributed by atoms with van der Waals surface area (Å²) in [6.45, 7) is 0.621. The van der Waals surface area contributed by atoms with Gasteiger partial charge in [0, 0.05) is 23.1 Å². The molecule has 1 aromatic heterocycles. The SMILES string of the molecule is COc1cc2c(cc1OCCCBr)CC[C@@H]1CC(c3ccsc3)=CN1C2=O. The Bertz CT molecular complexity index is 863. The third-order valence-electron chi connectivity index (χ3n) is 5.17. The average molecular weight is 448 g/mol. The number of alkyl halides is 1. The topological polar surface area (TPSA) is 38.8 Å². The second kappa shape index (κ2) is 8.07. The molecule has 142 valence electrons. The molecular formula is C21H22BrNO3S. The number of hydrogen-bond acceptors (Lipinski definition) is 4. The van der Waals surface area contributed by atoms with Gasteiger partial charge in [0.1, 0.15) is 0 Å². The summed E-state index contributed by atoms with van der Waals surface area (Å²) in [4.78, 5) is 15.2. The molecule has 0 unspecified atom stereocenters. The molecule has 0 fully saturated rings. The third-order valence-corrected chi connectivity index (χ3v) is 6.42. The van der Waals surface area contributed by atoms with Crippen molar-refractivity contribution in [2.24, 2.45) is 0 Å². The summed E-state index contributed by atoms with van der Waals surface area (Å²) < 4.78 is 11.4. The maximum absolute atomic E-state index is 13.3. The summed E-state index contributed by atoms with van der Waals surface area (Å²) in [6, 6.07) is 6.19. The van der Waals surface area contributed by atoms with Crippen molar-refractivity contribution in [2.75, 3.05) is 19.0 Å². The predicted molar refractivity (Wildman–Crippen MR) is 112 cm³/mol. The Balaban J connectivity index is 1.64. The number of rotatable bonds is 6. The molecule has 6 heteroatoms. The highest BCUT2D eigenvalue weighted by molar-refractivity contribution is 9.09. The summed E-state index contributed by atoms with van der Waals surface area (Å²) in [5.74, 6) is 1.40. The molecule has 0 aliphatic carbocycles. The van der Waals surface area contributed by atoms with Crippen molar-refractivity contribution in [3.8, 4) is 11.5 Å². The van der Waals surface area contributed by atoms with Gasteiger partial charge in [0.15, 0.2) is 11.5 Å². The van der Waals surface area contributed by atoms with E-state index in [9.17, 15) is 4.79 Å². The lowest BCUT2D eigenvalue weighted by Gasteiger charge is -2.21. The molecule has 2 aromatic rings. The minimum absolute atomic E-state index is 0.0584. The van der Waals surface area contributed by atoms with E-state index in [2.05, 4.69) is 32.8 Å². The van der Waals surface area contributed by atoms with Gasteiger partial charge in [0.2, 0.25) is 0 Å². The molecule has 2 aliphatic heterocycles. The Morgan fingerprint density at radius 1 is 1.33 bits per heavy atom. The van der Waals surface area contributed by atoms with Gasteiger partial charge in [-0.3, -0.25) is 4.79 Å². The van der Waals surface area contributed by atoms with E-state index in [1.54, 1.807) is 18.4 Å². The first kappa shape index (κ1) is 18.6. The molecule has 4 nitrogen and oxygen atoms in total. The maximum atomic E-state index is 13.3. The Kier molecular flexibility index (Phi) is 5.55. The zero-order valence-electron chi connectivity index (χ0n) is 15.2. The normalized spacial score (nSPS) is 18.6. The van der Waals surface area contributed by atoms with Crippen LogP contribution in [0.5, 0.6) is 11.5 Å². The van der Waals surface area contributed by atoms with Crippen LogP contribution in [0.3, 0.4) is 0 Å². The molecule has 1 aromatic carbocycles. The number of aryl methyl sites for hydroxylation is 1. The minimum atomic E-state index is 0.0584. The van der Waals surface area contributed by atoms with Crippen molar-refractivity contribution in [3.05, 3.63) is 51.8 Å². The van der Waals surface area contributed by atoms with Crippen molar-refractivity contribution in [1.29, 1.82) is 0 Å². The Morgan fingerprint density at radius 2 is 2.22 bits per heavy atom. The van der Waals surface area contributed by atoms with Crippen LogP contribution in [0.25, 0.3) is 5.57 Å². The lowest BCUT2D eigenvalue weighted by molar-refractivity contribution is 0.0788. The van der Waals surface area contributed by atoms with Gasteiger partial charge in [0.05, 0.1) is 13.7 Å². The van der Waals surface area contributed by atoms with Crippen LogP contribution in [0.2, 0.25) is 0 Å². The van der Waals surface area contributed by atoms with Gasteiger partial charge in [-0.1, -0.05) is 15.9 Å². The third kappa shape index (κ3) is 3.65. The first-order chi connectivity index (χ1) is 13.2. The zero-order valence-corrected chi connectivity index (χ0v) is 17.6. The molecular weight excluding hydrogens is 426 g/mol. The van der Waals surface area contributed by atoms with E-state index < -0.39 is 0 Å². The molecule has 0 saturated carbocycles. The number of amides is 1. The maximum Gasteiger partial charge on any atom is 0.258 e. The van der Waals surface area contributed by atoms with Gasteiger partial charge in [-0.15, -0.1) is 0 Å². The molecule has 1 amide bonds. The number of benzene rings is 1. The van der Waals surface area contributed by atoms with E-state index in [-0.39, 0.29) is 11.9 Å². The molecule has 0 N–H and O–H groups in total. The van der Waals surface area contributed by atoms with Crippen LogP contribution < -0.4 is 9.47 Å². The first-order valence-electron chi connectivity index (χ1n) is 9.17. The quantitative estimate of drug-likeness (QED) is 0.455. The fraction of sp³-hybridized carbons (Fsp3) is 0.381. The molecule has 4 rings (SSSR count). The summed E-state index contributed by atoms with van der Waals surface area (Å²) >= 11 is 5.11. The van der Waals surface area contributed by atoms with Gasteiger partial charge >= 0.3 is 0 Å². The van der Waals surface area contributed by atoms with Crippen LogP contribution in [0.4, 0.5) is 0 Å². The number of methoxy groups -OCH3 is 1. The first-order valence-corrected chi connectivity index (χ1v) is 11.2. The highest BCUT2D eigenvalue weighted by Gasteiger charge is 2.34. The molecule has 27 heavy (non-hydrogen) atoms. The van der Waals surface area contributed by atoms with Gasteiger partial charge in [0.25, 0.3) is 5.91 Å². The Morgan fingerprint density at radius 3 is 2.96 bits per heavy atom. The number of carbonyl (C=O) groups excluding carboxylic acids is 1. The van der Waals surface area contributed by atoms with Crippen molar-refractivity contribution < 1.29 is 14.3 Å². The smallest absolute Gasteiger partial charge is 0.258 e. The van der Waals surface area contributed by atoms with E-state index in [0.29, 0.717) is 12.4 Å². The van der Waals surface area contributed by atoms with Crippen LogP contribution in [0, 0.1) is 0 Å². The predicted octanol–water partition coefficient (Wildman–Crippen LogP) is 5.12. The number of hydrogen-bond donors (Lipinski definition) is 0. The molecule has 0 saturated heterocycles. The second-order valence-electron chi connectivity index (χ2n) is 6.83. The summed E-state index contributed by atoms with van der Waals surface area (Å²) in [6.07, 6.45) is 5.70. The standard InChI is InChI=1S/C21H22BrNO3S/c1-25-19-11-18-14(10-20(19)26-7-2-6-22)3-4-17-9-16(12-23(17)21(18)24)15-5-8-27-13-15/h5,8,10-13,17H,2-4,6-7,9H2,1H3/t17-/m1/s1. The van der Waals surface area contributed by atoms with Crippen molar-refractivity contribution in [3.63, 3.8) is 0 Å². The van der Waals surface area contributed by atoms with Crippen molar-refractivity contribution >= 4 is 38.7 Å². The van der Waals surface area contributed by atoms with Crippen LogP contribution in [-0.4, -0.2) is 35.9 Å². The average Bonchev–Trinajstić information content (AvgIpc) is 3.33. The van der Waals surface area contributed by atoms with E-state index in [4.69, 9.17) is 9.47 Å². The molecule has 0 bridgehead atoms. The lowest BCUT2D eigenvalue weighted by atomic mass is 9.98. The van der Waals surface area contributed by atoms with E-state index in [1.807, 2.05) is 23.2 Å². The number of carbonyl (C=O) groups is 1. The van der Waals surface area contributed by atoms with Gasteiger partial charge in [-0.05, 0) is 71.3 Å². The van der Waals surface area contributed by atoms with Gasteiger partial charge in [-0.25, -0.2) is 0 Å². The van der Waals surface area contributed by atoms with Crippen LogP contribution in [-0.2, 0) is 6.42 Å².